The van der Waals surface area contributed by atoms with Crippen LogP contribution >= 0.6 is 11.6 Å². The molecule has 0 radical (unpaired) electrons. The fraction of sp³-hybridized carbons (Fsp3) is 0.600. The predicted molar refractivity (Wildman–Crippen MR) is 104 cm³/mol. The van der Waals surface area contributed by atoms with Gasteiger partial charge in [0.2, 0.25) is 5.91 Å². The average Bonchev–Trinajstić information content (AvgIpc) is 2.65. The molecule has 1 amide bonds. The Bertz CT molecular complexity index is 697. The molecule has 0 saturated heterocycles. The molecular formula is C20H27ClFNO5. The van der Waals surface area contributed by atoms with Crippen molar-refractivity contribution in [2.24, 2.45) is 11.8 Å². The van der Waals surface area contributed by atoms with E-state index in [1.54, 1.807) is 0 Å². The summed E-state index contributed by atoms with van der Waals surface area (Å²) in [6, 6.07) is 2.47. The van der Waals surface area contributed by atoms with Gasteiger partial charge in [0, 0.05) is 13.2 Å². The van der Waals surface area contributed by atoms with Gasteiger partial charge in [0.25, 0.3) is 0 Å². The predicted octanol–water partition coefficient (Wildman–Crippen LogP) is 4.20. The highest BCUT2D eigenvalue weighted by atomic mass is 35.5. The Labute approximate surface area is 169 Å². The minimum Gasteiger partial charge on any atom is -0.489 e. The van der Waals surface area contributed by atoms with Gasteiger partial charge in [0.15, 0.2) is 0 Å². The number of carbonyl (C=O) groups is 2. The molecule has 0 heterocycles. The SMILES string of the molecule is COCCOC(=O)C1CCCCC1C(=O)Nc1cc(OC(C)C)c(Cl)cc1F. The van der Waals surface area contributed by atoms with E-state index in [4.69, 9.17) is 25.8 Å². The number of rotatable bonds is 8. The van der Waals surface area contributed by atoms with E-state index in [2.05, 4.69) is 5.32 Å². The molecule has 2 atom stereocenters. The first kappa shape index (κ1) is 22.4. The van der Waals surface area contributed by atoms with Gasteiger partial charge in [-0.3, -0.25) is 9.59 Å². The summed E-state index contributed by atoms with van der Waals surface area (Å²) in [7, 11) is 1.52. The van der Waals surface area contributed by atoms with E-state index in [0.29, 0.717) is 19.4 Å². The summed E-state index contributed by atoms with van der Waals surface area (Å²) in [5, 5.41) is 2.71. The number of halogens is 2. The van der Waals surface area contributed by atoms with Crippen LogP contribution in [-0.4, -0.2) is 38.3 Å². The zero-order valence-electron chi connectivity index (χ0n) is 16.4. The van der Waals surface area contributed by atoms with Crippen molar-refractivity contribution in [3.8, 4) is 5.75 Å². The van der Waals surface area contributed by atoms with Crippen LogP contribution in [0.25, 0.3) is 0 Å². The standard InChI is InChI=1S/C20H27ClFNO5/c1-12(2)28-18-11-17(16(22)10-15(18)21)23-19(24)13-6-4-5-7-14(13)20(25)27-9-8-26-3/h10-14H,4-9H2,1-3H3,(H,23,24). The second-order valence-electron chi connectivity index (χ2n) is 7.08. The van der Waals surface area contributed by atoms with Crippen molar-refractivity contribution in [1.82, 2.24) is 0 Å². The number of nitrogens with one attached hydrogen (secondary N) is 1. The van der Waals surface area contributed by atoms with E-state index in [-0.39, 0.29) is 29.2 Å². The molecule has 1 fully saturated rings. The molecule has 0 bridgehead atoms. The van der Waals surface area contributed by atoms with Gasteiger partial charge >= 0.3 is 5.97 Å². The van der Waals surface area contributed by atoms with E-state index in [1.165, 1.54) is 13.2 Å². The molecule has 0 aliphatic heterocycles. The average molecular weight is 416 g/mol. The number of anilines is 1. The zero-order chi connectivity index (χ0) is 20.7. The Balaban J connectivity index is 2.12. The van der Waals surface area contributed by atoms with Crippen LogP contribution in [0.4, 0.5) is 10.1 Å². The second-order valence-corrected chi connectivity index (χ2v) is 7.48. The number of ether oxygens (including phenoxy) is 3. The zero-order valence-corrected chi connectivity index (χ0v) is 17.2. The lowest BCUT2D eigenvalue weighted by atomic mass is 9.78. The van der Waals surface area contributed by atoms with Crippen LogP contribution in [0, 0.1) is 17.7 Å². The molecule has 1 aromatic rings. The Hall–Kier alpha value is -1.86. The van der Waals surface area contributed by atoms with Crippen molar-refractivity contribution in [1.29, 1.82) is 0 Å². The first-order valence-corrected chi connectivity index (χ1v) is 9.83. The second kappa shape index (κ2) is 10.6. The summed E-state index contributed by atoms with van der Waals surface area (Å²) in [4.78, 5) is 25.2. The molecule has 0 aromatic heterocycles. The summed E-state index contributed by atoms with van der Waals surface area (Å²) in [6.07, 6.45) is 2.62. The van der Waals surface area contributed by atoms with Crippen LogP contribution in [0.2, 0.25) is 5.02 Å². The van der Waals surface area contributed by atoms with Crippen LogP contribution in [0.3, 0.4) is 0 Å². The topological polar surface area (TPSA) is 73.9 Å². The maximum absolute atomic E-state index is 14.3. The fourth-order valence-corrected chi connectivity index (χ4v) is 3.45. The number of amides is 1. The fourth-order valence-electron chi connectivity index (χ4n) is 3.25. The number of esters is 1. The first-order valence-electron chi connectivity index (χ1n) is 9.45. The van der Waals surface area contributed by atoms with Gasteiger partial charge in [-0.25, -0.2) is 4.39 Å². The van der Waals surface area contributed by atoms with Crippen molar-refractivity contribution in [2.75, 3.05) is 25.6 Å². The third-order valence-electron chi connectivity index (χ3n) is 4.58. The van der Waals surface area contributed by atoms with Gasteiger partial charge in [0.05, 0.1) is 35.3 Å². The van der Waals surface area contributed by atoms with Gasteiger partial charge in [-0.15, -0.1) is 0 Å². The quantitative estimate of drug-likeness (QED) is 0.508. The summed E-state index contributed by atoms with van der Waals surface area (Å²) in [6.45, 7) is 4.07. The van der Waals surface area contributed by atoms with Crippen LogP contribution < -0.4 is 10.1 Å². The summed E-state index contributed by atoms with van der Waals surface area (Å²) < 4.78 is 29.9. The van der Waals surface area contributed by atoms with E-state index < -0.39 is 29.5 Å². The molecule has 1 aliphatic rings. The molecule has 0 spiro atoms. The van der Waals surface area contributed by atoms with Crippen LogP contribution in [0.15, 0.2) is 12.1 Å². The van der Waals surface area contributed by atoms with E-state index in [0.717, 1.165) is 18.9 Å². The van der Waals surface area contributed by atoms with E-state index >= 15 is 0 Å². The van der Waals surface area contributed by atoms with Gasteiger partial charge < -0.3 is 19.5 Å². The summed E-state index contributed by atoms with van der Waals surface area (Å²) in [5.41, 5.74) is -0.0258. The molecule has 28 heavy (non-hydrogen) atoms. The van der Waals surface area contributed by atoms with Crippen molar-refractivity contribution in [3.05, 3.63) is 23.0 Å². The molecule has 1 N–H and O–H groups in total. The summed E-state index contributed by atoms with van der Waals surface area (Å²) in [5.74, 6) is -2.33. The Morgan fingerprint density at radius 1 is 1.21 bits per heavy atom. The minimum atomic E-state index is -0.663. The largest absolute Gasteiger partial charge is 0.489 e. The van der Waals surface area contributed by atoms with Gasteiger partial charge in [-0.2, -0.15) is 0 Å². The number of methoxy groups -OCH3 is 1. The van der Waals surface area contributed by atoms with Crippen LogP contribution in [0.1, 0.15) is 39.5 Å². The van der Waals surface area contributed by atoms with Gasteiger partial charge in [-0.05, 0) is 32.8 Å². The van der Waals surface area contributed by atoms with Crippen molar-refractivity contribution in [2.45, 2.75) is 45.6 Å². The third kappa shape index (κ3) is 6.07. The Kier molecular flexibility index (Phi) is 8.51. The maximum Gasteiger partial charge on any atom is 0.309 e. The van der Waals surface area contributed by atoms with Crippen LogP contribution in [-0.2, 0) is 19.1 Å². The number of hydrogen-bond donors (Lipinski definition) is 1. The lowest BCUT2D eigenvalue weighted by molar-refractivity contribution is -0.155. The Morgan fingerprint density at radius 3 is 2.54 bits per heavy atom. The molecule has 2 unspecified atom stereocenters. The molecular weight excluding hydrogens is 389 g/mol. The molecule has 1 aromatic carbocycles. The van der Waals surface area contributed by atoms with E-state index in [1.807, 2.05) is 13.8 Å². The summed E-state index contributed by atoms with van der Waals surface area (Å²) >= 11 is 6.01. The molecule has 1 aliphatic carbocycles. The van der Waals surface area contributed by atoms with Crippen molar-refractivity contribution < 1.29 is 28.2 Å². The highest BCUT2D eigenvalue weighted by molar-refractivity contribution is 6.32. The highest BCUT2D eigenvalue weighted by Gasteiger charge is 2.37. The lowest BCUT2D eigenvalue weighted by Crippen LogP contribution is -2.37. The number of hydrogen-bond acceptors (Lipinski definition) is 5. The van der Waals surface area contributed by atoms with E-state index in [9.17, 15) is 14.0 Å². The number of carbonyl (C=O) groups excluding carboxylic acids is 2. The molecule has 1 saturated carbocycles. The highest BCUT2D eigenvalue weighted by Crippen LogP contribution is 2.34. The molecule has 8 heteroatoms. The van der Waals surface area contributed by atoms with Crippen LogP contribution in [0.5, 0.6) is 5.75 Å². The third-order valence-corrected chi connectivity index (χ3v) is 4.87. The van der Waals surface area contributed by atoms with Crippen molar-refractivity contribution >= 4 is 29.2 Å². The van der Waals surface area contributed by atoms with Gasteiger partial charge in [-0.1, -0.05) is 24.4 Å². The van der Waals surface area contributed by atoms with Crippen molar-refractivity contribution in [3.63, 3.8) is 0 Å². The molecule has 156 valence electrons. The Morgan fingerprint density at radius 2 is 1.89 bits per heavy atom. The molecule has 2 rings (SSSR count). The first-order chi connectivity index (χ1) is 13.3. The molecule has 6 nitrogen and oxygen atoms in total. The lowest BCUT2D eigenvalue weighted by Gasteiger charge is -2.29. The minimum absolute atomic E-state index is 0.0258. The maximum atomic E-state index is 14.3. The van der Waals surface area contributed by atoms with Gasteiger partial charge in [0.1, 0.15) is 18.2 Å². The normalized spacial score (nSPS) is 19.4. The monoisotopic (exact) mass is 415 g/mol. The number of benzene rings is 1. The smallest absolute Gasteiger partial charge is 0.309 e.